The topological polar surface area (TPSA) is 190 Å². The van der Waals surface area contributed by atoms with Crippen LogP contribution in [0.25, 0.3) is 0 Å². The lowest BCUT2D eigenvalue weighted by Gasteiger charge is -2.34. The summed E-state index contributed by atoms with van der Waals surface area (Å²) in [5.74, 6) is -2.67. The molecule has 232 valence electrons. The van der Waals surface area contributed by atoms with E-state index < -0.39 is 42.4 Å². The van der Waals surface area contributed by atoms with Crippen LogP contribution < -0.4 is 21.7 Å². The summed E-state index contributed by atoms with van der Waals surface area (Å²) < 4.78 is 0. The Morgan fingerprint density at radius 2 is 1.79 bits per heavy atom. The summed E-state index contributed by atoms with van der Waals surface area (Å²) in [4.78, 5) is 53.4. The summed E-state index contributed by atoms with van der Waals surface area (Å²) in [7, 11) is 2.16. The highest BCUT2D eigenvalue weighted by molar-refractivity contribution is 7.80. The van der Waals surface area contributed by atoms with Crippen LogP contribution in [0.4, 0.5) is 17.1 Å². The number of fused-ring (bicyclic) bond motifs is 2. The van der Waals surface area contributed by atoms with Crippen molar-refractivity contribution in [3.05, 3.63) is 53.1 Å². The lowest BCUT2D eigenvalue weighted by molar-refractivity contribution is -0.139. The van der Waals surface area contributed by atoms with Gasteiger partial charge in [-0.15, -0.1) is 0 Å². The van der Waals surface area contributed by atoms with Crippen LogP contribution >= 0.6 is 24.2 Å². The number of carbonyl (C=O) groups is 4. The van der Waals surface area contributed by atoms with Gasteiger partial charge >= 0.3 is 11.9 Å². The van der Waals surface area contributed by atoms with Crippen molar-refractivity contribution in [3.8, 4) is 0 Å². The van der Waals surface area contributed by atoms with E-state index >= 15 is 0 Å². The summed E-state index contributed by atoms with van der Waals surface area (Å²) in [5.41, 5.74) is 9.34. The first kappa shape index (κ1) is 33.6. The van der Waals surface area contributed by atoms with Crippen LogP contribution in [0.1, 0.15) is 18.4 Å². The summed E-state index contributed by atoms with van der Waals surface area (Å²) in [6, 6.07) is 12.0. The first-order chi connectivity index (χ1) is 20.5. The van der Waals surface area contributed by atoms with E-state index in [0.29, 0.717) is 5.02 Å². The van der Waals surface area contributed by atoms with E-state index in [-0.39, 0.29) is 18.6 Å². The Bertz CT molecular complexity index is 1350. The first-order valence-electron chi connectivity index (χ1n) is 13.5. The Hall–Kier alpha value is -3.85. The summed E-state index contributed by atoms with van der Waals surface area (Å²) in [6.07, 6.45) is -0.235. The quantitative estimate of drug-likeness (QED) is 0.199. The highest BCUT2D eigenvalue weighted by atomic mass is 35.5. The number of likely N-dealkylation sites (N-methyl/N-ethyl adjacent to an activating group) is 1. The number of rotatable bonds is 9. The van der Waals surface area contributed by atoms with Gasteiger partial charge in [0.25, 0.3) is 0 Å². The summed E-state index contributed by atoms with van der Waals surface area (Å²) in [5, 5.41) is 25.6. The number of nitrogens with two attached hydrogens (primary N) is 1. The van der Waals surface area contributed by atoms with Crippen molar-refractivity contribution in [2.45, 2.75) is 24.9 Å². The molecule has 2 aliphatic heterocycles. The van der Waals surface area contributed by atoms with E-state index in [1.165, 1.54) is 0 Å². The van der Waals surface area contributed by atoms with E-state index in [1.807, 2.05) is 24.3 Å². The molecule has 1 saturated heterocycles. The number of piperazine rings is 1. The fraction of sp³-hybridized carbons (Fsp3) is 0.393. The summed E-state index contributed by atoms with van der Waals surface area (Å²) in [6.45, 7) is 3.51. The molecular weight excluding hydrogens is 598 g/mol. The Labute approximate surface area is 259 Å². The number of thiol groups is 1. The monoisotopic (exact) mass is 633 g/mol. The molecule has 2 heterocycles. The number of nitrogens with zero attached hydrogens (tertiary/aromatic N) is 3. The van der Waals surface area contributed by atoms with Gasteiger partial charge in [0.1, 0.15) is 24.5 Å². The molecule has 2 aromatic carbocycles. The molecule has 43 heavy (non-hydrogen) atoms. The van der Waals surface area contributed by atoms with E-state index in [2.05, 4.69) is 63.6 Å². The standard InChI is InChI=1S/C18H19ClN4.C10H17N3O6S/c1-22-8-10-23(11-9-22)18-14-4-2-3-5-15(14)20-16-7-6-13(19)12-17(16)21-18;11-5(10(18)19)1-2-7(14)13-6(4-20)9(17)12-3-8(15)16/h2-7,12,20H,8-11H2,1H3;5-6,20H,1-4,11H2,(H,12,17)(H,13,14)(H,15,16)(H,18,19)/t;5-,6-/m.0/s1. The fourth-order valence-corrected chi connectivity index (χ4v) is 4.65. The van der Waals surface area contributed by atoms with Gasteiger partial charge in [-0.3, -0.25) is 19.2 Å². The van der Waals surface area contributed by atoms with E-state index in [4.69, 9.17) is 32.5 Å². The van der Waals surface area contributed by atoms with Gasteiger partial charge in [-0.1, -0.05) is 23.7 Å². The number of carboxylic acids is 2. The number of benzene rings is 2. The normalized spacial score (nSPS) is 15.5. The van der Waals surface area contributed by atoms with Crippen LogP contribution in [0.5, 0.6) is 0 Å². The average Bonchev–Trinajstić information content (AvgIpc) is 3.14. The largest absolute Gasteiger partial charge is 0.480 e. The van der Waals surface area contributed by atoms with Gasteiger partial charge in [0, 0.05) is 54.6 Å². The zero-order valence-electron chi connectivity index (χ0n) is 23.6. The Balaban J connectivity index is 0.000000239. The number of carboxylic acid groups (broad SMARTS) is 2. The molecule has 2 atom stereocenters. The second-order valence-electron chi connectivity index (χ2n) is 9.96. The molecule has 7 N–H and O–H groups in total. The molecule has 13 nitrogen and oxygen atoms in total. The average molecular weight is 634 g/mol. The number of aliphatic carboxylic acids is 2. The first-order valence-corrected chi connectivity index (χ1v) is 14.6. The van der Waals surface area contributed by atoms with Crippen LogP contribution in [0.15, 0.2) is 47.5 Å². The third kappa shape index (κ3) is 10.1. The van der Waals surface area contributed by atoms with Crippen LogP contribution in [0.2, 0.25) is 5.02 Å². The van der Waals surface area contributed by atoms with Crippen LogP contribution in [-0.2, 0) is 19.2 Å². The van der Waals surface area contributed by atoms with Gasteiger partial charge in [0.05, 0.1) is 11.4 Å². The molecule has 0 saturated carbocycles. The number of aliphatic imine (C=N–C) groups is 1. The second-order valence-corrected chi connectivity index (χ2v) is 10.8. The molecule has 0 bridgehead atoms. The number of amidine groups is 1. The van der Waals surface area contributed by atoms with Gasteiger partial charge in [-0.2, -0.15) is 12.6 Å². The minimum atomic E-state index is -1.22. The molecule has 2 aromatic rings. The number of amides is 2. The minimum Gasteiger partial charge on any atom is -0.480 e. The zero-order chi connectivity index (χ0) is 31.5. The molecule has 0 radical (unpaired) electrons. The van der Waals surface area contributed by atoms with Crippen LogP contribution in [0, 0.1) is 0 Å². The van der Waals surface area contributed by atoms with Crippen molar-refractivity contribution in [2.75, 3.05) is 50.8 Å². The molecule has 0 aliphatic carbocycles. The van der Waals surface area contributed by atoms with Crippen LogP contribution in [-0.4, -0.2) is 107 Å². The van der Waals surface area contributed by atoms with Crippen molar-refractivity contribution in [2.24, 2.45) is 10.7 Å². The smallest absolute Gasteiger partial charge is 0.322 e. The molecule has 15 heteroatoms. The van der Waals surface area contributed by atoms with E-state index in [1.54, 1.807) is 0 Å². The Morgan fingerprint density at radius 1 is 1.09 bits per heavy atom. The molecular formula is C28H36ClN7O6S. The predicted octanol–water partition coefficient (Wildman–Crippen LogP) is 1.52. The number of hydrogen-bond donors (Lipinski definition) is 7. The van der Waals surface area contributed by atoms with Gasteiger partial charge in [-0.25, -0.2) is 4.99 Å². The molecule has 0 unspecified atom stereocenters. The number of anilines is 2. The molecule has 4 rings (SSSR count). The van der Waals surface area contributed by atoms with Gasteiger partial charge in [0.15, 0.2) is 0 Å². The van der Waals surface area contributed by atoms with Crippen molar-refractivity contribution < 1.29 is 29.4 Å². The molecule has 0 aromatic heterocycles. The molecule has 2 aliphatic rings. The molecule has 0 spiro atoms. The molecule has 2 amide bonds. The highest BCUT2D eigenvalue weighted by Crippen LogP contribution is 2.36. The number of carbonyl (C=O) groups excluding carboxylic acids is 2. The molecule has 1 fully saturated rings. The number of halogens is 1. The lowest BCUT2D eigenvalue weighted by atomic mass is 10.1. The third-order valence-corrected chi connectivity index (χ3v) is 7.27. The Morgan fingerprint density at radius 3 is 2.44 bits per heavy atom. The van der Waals surface area contributed by atoms with Gasteiger partial charge in [0.2, 0.25) is 11.8 Å². The van der Waals surface area contributed by atoms with Gasteiger partial charge in [-0.05, 0) is 43.8 Å². The third-order valence-electron chi connectivity index (χ3n) is 6.67. The fourth-order valence-electron chi connectivity index (χ4n) is 4.23. The van der Waals surface area contributed by atoms with Crippen molar-refractivity contribution in [1.82, 2.24) is 20.4 Å². The van der Waals surface area contributed by atoms with E-state index in [9.17, 15) is 19.2 Å². The Kier molecular flexibility index (Phi) is 12.6. The maximum Gasteiger partial charge on any atom is 0.322 e. The zero-order valence-corrected chi connectivity index (χ0v) is 25.3. The SMILES string of the molecule is CN1CCN(C2=Nc3cc(Cl)ccc3Nc3ccccc32)CC1.N[C@@H](CCC(=O)N[C@@H](CS)C(=O)NCC(=O)O)C(=O)O. The van der Waals surface area contributed by atoms with Crippen LogP contribution in [0.3, 0.4) is 0 Å². The number of nitrogens with one attached hydrogen (secondary N) is 3. The van der Waals surface area contributed by atoms with Crippen molar-refractivity contribution in [3.63, 3.8) is 0 Å². The number of para-hydroxylation sites is 1. The maximum absolute atomic E-state index is 11.5. The number of hydrogen-bond acceptors (Lipinski definition) is 10. The predicted molar refractivity (Wildman–Crippen MR) is 168 cm³/mol. The highest BCUT2D eigenvalue weighted by Gasteiger charge is 2.24. The maximum atomic E-state index is 11.5. The van der Waals surface area contributed by atoms with Gasteiger partial charge < -0.3 is 41.7 Å². The second kappa shape index (κ2) is 16.1. The van der Waals surface area contributed by atoms with E-state index in [0.717, 1.165) is 54.6 Å². The van der Waals surface area contributed by atoms with Crippen molar-refractivity contribution in [1.29, 1.82) is 0 Å². The summed E-state index contributed by atoms with van der Waals surface area (Å²) >= 11 is 10.1. The lowest BCUT2D eigenvalue weighted by Crippen LogP contribution is -2.49. The minimum absolute atomic E-state index is 0.0256. The van der Waals surface area contributed by atoms with Crippen molar-refractivity contribution >= 4 is 70.9 Å².